The zero-order valence-corrected chi connectivity index (χ0v) is 14.7. The Morgan fingerprint density at radius 2 is 2.08 bits per heavy atom. The summed E-state index contributed by atoms with van der Waals surface area (Å²) in [7, 11) is 0. The van der Waals surface area contributed by atoms with Crippen LogP contribution in [0.5, 0.6) is 11.5 Å². The van der Waals surface area contributed by atoms with Crippen LogP contribution in [0.4, 0.5) is 0 Å². The molecule has 1 aliphatic rings. The van der Waals surface area contributed by atoms with Crippen molar-refractivity contribution in [2.24, 2.45) is 5.92 Å². The second kappa shape index (κ2) is 8.10. The molecular weight excluding hydrogens is 326 g/mol. The van der Waals surface area contributed by atoms with Crippen molar-refractivity contribution in [3.8, 4) is 11.5 Å². The first-order chi connectivity index (χ1) is 12.9. The lowest BCUT2D eigenvalue weighted by Crippen LogP contribution is -2.36. The van der Waals surface area contributed by atoms with Gasteiger partial charge >= 0.3 is 0 Å². The maximum absolute atomic E-state index is 6.05. The van der Waals surface area contributed by atoms with Crippen LogP contribution in [0.2, 0.25) is 0 Å². The summed E-state index contributed by atoms with van der Waals surface area (Å²) in [5.74, 6) is 2.28. The lowest BCUT2D eigenvalue weighted by atomic mass is 9.97. The highest BCUT2D eigenvalue weighted by Crippen LogP contribution is 2.27. The van der Waals surface area contributed by atoms with Gasteiger partial charge in [0.05, 0.1) is 6.20 Å². The summed E-state index contributed by atoms with van der Waals surface area (Å²) in [6.07, 6.45) is 9.35. The minimum absolute atomic E-state index is 0.608. The summed E-state index contributed by atoms with van der Waals surface area (Å²) >= 11 is 0. The molecule has 0 aliphatic carbocycles. The molecule has 3 aromatic rings. The van der Waals surface area contributed by atoms with Crippen molar-refractivity contribution in [2.75, 3.05) is 13.1 Å². The fraction of sp³-hybridized carbons (Fsp3) is 0.350. The zero-order chi connectivity index (χ0) is 17.6. The Morgan fingerprint density at radius 3 is 2.92 bits per heavy atom. The lowest BCUT2D eigenvalue weighted by molar-refractivity contribution is 0.152. The van der Waals surface area contributed by atoms with Crippen LogP contribution in [0.1, 0.15) is 18.4 Å². The summed E-state index contributed by atoms with van der Waals surface area (Å²) in [5.41, 5.74) is 1.21. The molecule has 6 nitrogen and oxygen atoms in total. The Bertz CT molecular complexity index is 806. The molecule has 0 radical (unpaired) electrons. The van der Waals surface area contributed by atoms with E-state index in [-0.39, 0.29) is 0 Å². The minimum atomic E-state index is 0.608. The Kier molecular flexibility index (Phi) is 5.21. The molecule has 2 aromatic heterocycles. The first-order valence-corrected chi connectivity index (χ1v) is 9.07. The summed E-state index contributed by atoms with van der Waals surface area (Å²) in [6.45, 7) is 4.02. The van der Waals surface area contributed by atoms with Gasteiger partial charge in [-0.3, -0.25) is 14.6 Å². The number of nitrogens with zero attached hydrogens (tertiary/aromatic N) is 5. The third kappa shape index (κ3) is 4.26. The second-order valence-corrected chi connectivity index (χ2v) is 6.76. The van der Waals surface area contributed by atoms with Crippen LogP contribution in [0.15, 0.2) is 61.4 Å². The smallest absolute Gasteiger partial charge is 0.145 e. The van der Waals surface area contributed by atoms with E-state index < -0.39 is 0 Å². The number of likely N-dealkylation sites (tertiary alicyclic amines) is 1. The molecule has 6 heteroatoms. The number of aromatic nitrogens is 4. The predicted octanol–water partition coefficient (Wildman–Crippen LogP) is 3.38. The van der Waals surface area contributed by atoms with Crippen LogP contribution in [0.25, 0.3) is 0 Å². The van der Waals surface area contributed by atoms with E-state index in [2.05, 4.69) is 32.1 Å². The van der Waals surface area contributed by atoms with Crippen molar-refractivity contribution in [3.63, 3.8) is 0 Å². The van der Waals surface area contributed by atoms with Gasteiger partial charge in [0.25, 0.3) is 0 Å². The van der Waals surface area contributed by atoms with E-state index in [0.29, 0.717) is 5.92 Å². The molecule has 4 rings (SSSR count). The summed E-state index contributed by atoms with van der Waals surface area (Å²) in [6, 6.07) is 12.1. The third-order valence-electron chi connectivity index (χ3n) is 4.74. The van der Waals surface area contributed by atoms with Gasteiger partial charge in [-0.1, -0.05) is 18.2 Å². The molecule has 1 fully saturated rings. The number of rotatable bonds is 6. The van der Waals surface area contributed by atoms with Gasteiger partial charge in [-0.15, -0.1) is 0 Å². The lowest BCUT2D eigenvalue weighted by Gasteiger charge is -2.33. The number of hydrogen-bond donors (Lipinski definition) is 0. The molecule has 3 heterocycles. The molecule has 134 valence electrons. The minimum Gasteiger partial charge on any atom is -0.455 e. The van der Waals surface area contributed by atoms with Crippen molar-refractivity contribution >= 4 is 0 Å². The summed E-state index contributed by atoms with van der Waals surface area (Å²) in [4.78, 5) is 10.7. The highest BCUT2D eigenvalue weighted by molar-refractivity contribution is 5.37. The molecule has 1 aromatic carbocycles. The maximum Gasteiger partial charge on any atom is 0.145 e. The number of benzene rings is 1. The Balaban J connectivity index is 1.42. The first kappa shape index (κ1) is 16.7. The number of ether oxygens (including phenoxy) is 1. The molecule has 1 saturated heterocycles. The average Bonchev–Trinajstić information content (AvgIpc) is 3.18. The van der Waals surface area contributed by atoms with Gasteiger partial charge in [-0.25, -0.2) is 4.98 Å². The molecule has 0 saturated carbocycles. The van der Waals surface area contributed by atoms with Crippen molar-refractivity contribution in [3.05, 3.63) is 67.0 Å². The van der Waals surface area contributed by atoms with E-state index in [1.807, 2.05) is 28.9 Å². The summed E-state index contributed by atoms with van der Waals surface area (Å²) in [5, 5.41) is 4.24. The van der Waals surface area contributed by atoms with Gasteiger partial charge in [-0.2, -0.15) is 5.10 Å². The summed E-state index contributed by atoms with van der Waals surface area (Å²) < 4.78 is 7.99. The standard InChI is InChI=1S/C20H23N5O/c1-2-8-20(26-19-7-3-9-21-11-19)18(6-1)14-24-10-4-5-17(12-24)13-25-16-22-15-23-25/h1-3,6-9,11,15-17H,4-5,10,12-14H2. The van der Waals surface area contributed by atoms with Crippen LogP contribution < -0.4 is 4.74 Å². The maximum atomic E-state index is 6.05. The van der Waals surface area contributed by atoms with Gasteiger partial charge in [0.1, 0.15) is 24.2 Å². The molecule has 1 atom stereocenters. The van der Waals surface area contributed by atoms with Gasteiger partial charge in [0.2, 0.25) is 0 Å². The zero-order valence-electron chi connectivity index (χ0n) is 14.7. The highest BCUT2D eigenvalue weighted by Gasteiger charge is 2.21. The highest BCUT2D eigenvalue weighted by atomic mass is 16.5. The van der Waals surface area contributed by atoms with Gasteiger partial charge in [0.15, 0.2) is 0 Å². The molecule has 1 unspecified atom stereocenters. The quantitative estimate of drug-likeness (QED) is 0.683. The van der Waals surface area contributed by atoms with Crippen molar-refractivity contribution in [1.82, 2.24) is 24.6 Å². The van der Waals surface area contributed by atoms with Crippen LogP contribution in [0, 0.1) is 5.92 Å². The molecule has 0 N–H and O–H groups in total. The number of hydrogen-bond acceptors (Lipinski definition) is 5. The fourth-order valence-corrected chi connectivity index (χ4v) is 3.54. The molecule has 0 bridgehead atoms. The van der Waals surface area contributed by atoms with Crippen molar-refractivity contribution in [1.29, 1.82) is 0 Å². The number of para-hydroxylation sites is 1. The molecule has 0 spiro atoms. The first-order valence-electron chi connectivity index (χ1n) is 9.07. The van der Waals surface area contributed by atoms with Gasteiger partial charge in [0, 0.05) is 31.4 Å². The molecule has 0 amide bonds. The number of pyridine rings is 1. The largest absolute Gasteiger partial charge is 0.455 e. The predicted molar refractivity (Wildman–Crippen MR) is 98.8 cm³/mol. The van der Waals surface area contributed by atoms with Crippen LogP contribution >= 0.6 is 0 Å². The van der Waals surface area contributed by atoms with E-state index in [9.17, 15) is 0 Å². The fourth-order valence-electron chi connectivity index (χ4n) is 3.54. The number of piperidine rings is 1. The topological polar surface area (TPSA) is 56.1 Å². The van der Waals surface area contributed by atoms with Gasteiger partial charge < -0.3 is 4.74 Å². The van der Waals surface area contributed by atoms with Crippen LogP contribution in [-0.2, 0) is 13.1 Å². The van der Waals surface area contributed by atoms with E-state index in [1.165, 1.54) is 18.4 Å². The van der Waals surface area contributed by atoms with E-state index in [0.717, 1.165) is 37.7 Å². The monoisotopic (exact) mass is 349 g/mol. The van der Waals surface area contributed by atoms with E-state index in [1.54, 1.807) is 25.0 Å². The molecule has 26 heavy (non-hydrogen) atoms. The Hall–Kier alpha value is -2.73. The molecular formula is C20H23N5O. The SMILES string of the molecule is c1cncc(Oc2ccccc2CN2CCCC(Cn3cncn3)C2)c1. The third-order valence-corrected chi connectivity index (χ3v) is 4.74. The normalized spacial score (nSPS) is 17.9. The van der Waals surface area contributed by atoms with Crippen LogP contribution in [-0.4, -0.2) is 37.7 Å². The van der Waals surface area contributed by atoms with E-state index in [4.69, 9.17) is 4.74 Å². The van der Waals surface area contributed by atoms with Crippen molar-refractivity contribution in [2.45, 2.75) is 25.9 Å². The second-order valence-electron chi connectivity index (χ2n) is 6.76. The van der Waals surface area contributed by atoms with Crippen molar-refractivity contribution < 1.29 is 4.74 Å². The van der Waals surface area contributed by atoms with Crippen LogP contribution in [0.3, 0.4) is 0 Å². The van der Waals surface area contributed by atoms with Gasteiger partial charge in [-0.05, 0) is 43.5 Å². The average molecular weight is 349 g/mol. The van der Waals surface area contributed by atoms with E-state index >= 15 is 0 Å². The Morgan fingerprint density at radius 1 is 1.12 bits per heavy atom. The molecule has 1 aliphatic heterocycles. The Labute approximate surface area is 153 Å².